The van der Waals surface area contributed by atoms with E-state index in [4.69, 9.17) is 0 Å². The molecule has 106 valence electrons. The molecule has 0 aromatic heterocycles. The van der Waals surface area contributed by atoms with Crippen LogP contribution in [-0.4, -0.2) is 40.1 Å². The van der Waals surface area contributed by atoms with Gasteiger partial charge in [0, 0.05) is 11.1 Å². The lowest BCUT2D eigenvalue weighted by atomic mass is 9.81. The lowest BCUT2D eigenvalue weighted by Gasteiger charge is -2.29. The highest BCUT2D eigenvalue weighted by Crippen LogP contribution is 2.36. The van der Waals surface area contributed by atoms with Crippen LogP contribution < -0.4 is 10.6 Å². The molecule has 21 heavy (non-hydrogen) atoms. The van der Waals surface area contributed by atoms with E-state index in [0.29, 0.717) is 0 Å². The zero-order chi connectivity index (χ0) is 15.4. The Hall–Kier alpha value is -2.87. The Morgan fingerprint density at radius 3 is 1.71 bits per heavy atom. The molecule has 1 heterocycles. The van der Waals surface area contributed by atoms with E-state index < -0.39 is 40.9 Å². The monoisotopic (exact) mass is 288 g/mol. The van der Waals surface area contributed by atoms with E-state index in [2.05, 4.69) is 0 Å². The first-order valence-corrected chi connectivity index (χ1v) is 5.94. The Morgan fingerprint density at radius 2 is 1.29 bits per heavy atom. The molecule has 2 aliphatic rings. The standard InChI is InChI=1S/C13H8N2O6/c16-8-5-3-1-2-4-6(5)9(17)13(8,21)7-10(18)14-12(20)15-11(7)19/h1-4,7,21H,(H2,14,15,18,19,20). The predicted octanol–water partition coefficient (Wildman–Crippen LogP) is -1.22. The van der Waals surface area contributed by atoms with Crippen LogP contribution in [0.4, 0.5) is 4.79 Å². The Bertz CT molecular complexity index is 683. The molecule has 1 aliphatic heterocycles. The maximum atomic E-state index is 12.3. The number of urea groups is 1. The van der Waals surface area contributed by atoms with Gasteiger partial charge in [-0.3, -0.25) is 29.8 Å². The molecule has 3 N–H and O–H groups in total. The highest BCUT2D eigenvalue weighted by molar-refractivity contribution is 6.36. The zero-order valence-electron chi connectivity index (χ0n) is 10.4. The maximum absolute atomic E-state index is 12.3. The normalized spacial score (nSPS) is 21.1. The third-order valence-electron chi connectivity index (χ3n) is 3.52. The number of carbonyl (C=O) groups excluding carboxylic acids is 5. The quantitative estimate of drug-likeness (QED) is 0.555. The lowest BCUT2D eigenvalue weighted by molar-refractivity contribution is -0.142. The van der Waals surface area contributed by atoms with Gasteiger partial charge in [-0.05, 0) is 0 Å². The van der Waals surface area contributed by atoms with E-state index in [1.807, 2.05) is 0 Å². The zero-order valence-corrected chi connectivity index (χ0v) is 10.4. The minimum absolute atomic E-state index is 0.0671. The number of ketones is 2. The first-order chi connectivity index (χ1) is 9.87. The second-order valence-corrected chi connectivity index (χ2v) is 4.71. The summed E-state index contributed by atoms with van der Waals surface area (Å²) >= 11 is 0. The van der Waals surface area contributed by atoms with Gasteiger partial charge in [0.2, 0.25) is 29.0 Å². The predicted molar refractivity (Wildman–Crippen MR) is 65.2 cm³/mol. The summed E-state index contributed by atoms with van der Waals surface area (Å²) in [5.41, 5.74) is -2.97. The summed E-state index contributed by atoms with van der Waals surface area (Å²) in [6.45, 7) is 0. The third kappa shape index (κ3) is 1.56. The van der Waals surface area contributed by atoms with Crippen LogP contribution in [-0.2, 0) is 9.59 Å². The first kappa shape index (κ1) is 13.1. The number of Topliss-reactive ketones (excluding diaryl/α,β-unsaturated/α-hetero) is 2. The Kier molecular flexibility index (Phi) is 2.54. The largest absolute Gasteiger partial charge is 0.373 e. The lowest BCUT2D eigenvalue weighted by Crippen LogP contribution is -2.66. The molecule has 0 saturated carbocycles. The van der Waals surface area contributed by atoms with Crippen LogP contribution in [0, 0.1) is 5.92 Å². The van der Waals surface area contributed by atoms with Crippen LogP contribution in [0.3, 0.4) is 0 Å². The second kappa shape index (κ2) is 4.06. The van der Waals surface area contributed by atoms with Gasteiger partial charge in [-0.1, -0.05) is 24.3 Å². The van der Waals surface area contributed by atoms with Gasteiger partial charge in [-0.2, -0.15) is 0 Å². The van der Waals surface area contributed by atoms with Crippen LogP contribution in [0.2, 0.25) is 0 Å². The molecule has 1 fully saturated rings. The number of aliphatic hydroxyl groups is 1. The van der Waals surface area contributed by atoms with Gasteiger partial charge in [0.05, 0.1) is 0 Å². The average Bonchev–Trinajstić information content (AvgIpc) is 2.61. The van der Waals surface area contributed by atoms with Crippen molar-refractivity contribution in [3.05, 3.63) is 35.4 Å². The molecule has 4 amide bonds. The van der Waals surface area contributed by atoms with E-state index in [-0.39, 0.29) is 11.1 Å². The van der Waals surface area contributed by atoms with Crippen molar-refractivity contribution in [1.29, 1.82) is 0 Å². The van der Waals surface area contributed by atoms with Crippen molar-refractivity contribution in [3.63, 3.8) is 0 Å². The van der Waals surface area contributed by atoms with Crippen molar-refractivity contribution >= 4 is 29.4 Å². The van der Waals surface area contributed by atoms with Crippen molar-refractivity contribution in [1.82, 2.24) is 10.6 Å². The number of benzene rings is 1. The molecule has 8 heteroatoms. The van der Waals surface area contributed by atoms with E-state index in [1.165, 1.54) is 24.3 Å². The van der Waals surface area contributed by atoms with E-state index in [1.54, 1.807) is 10.6 Å². The molecule has 1 aliphatic carbocycles. The summed E-state index contributed by atoms with van der Waals surface area (Å²) in [7, 11) is 0. The topological polar surface area (TPSA) is 130 Å². The SMILES string of the molecule is O=C1NC(=O)C(C2(O)C(=O)c3ccccc3C2=O)C(=O)N1. The summed E-state index contributed by atoms with van der Waals surface area (Å²) < 4.78 is 0. The summed E-state index contributed by atoms with van der Waals surface area (Å²) in [5.74, 6) is -6.47. The number of nitrogens with one attached hydrogen (secondary N) is 2. The van der Waals surface area contributed by atoms with Gasteiger partial charge < -0.3 is 5.11 Å². The van der Waals surface area contributed by atoms with Gasteiger partial charge in [0.15, 0.2) is 5.92 Å². The minimum atomic E-state index is -2.83. The van der Waals surface area contributed by atoms with Crippen molar-refractivity contribution in [2.45, 2.75) is 5.60 Å². The van der Waals surface area contributed by atoms with Crippen molar-refractivity contribution in [2.75, 3.05) is 0 Å². The van der Waals surface area contributed by atoms with Gasteiger partial charge in [-0.25, -0.2) is 4.79 Å². The molecule has 1 aromatic carbocycles. The fourth-order valence-corrected chi connectivity index (χ4v) is 2.55. The van der Waals surface area contributed by atoms with Crippen LogP contribution in [0.1, 0.15) is 20.7 Å². The van der Waals surface area contributed by atoms with Crippen molar-refractivity contribution < 1.29 is 29.1 Å². The fraction of sp³-hybridized carbons (Fsp3) is 0.154. The molecular weight excluding hydrogens is 280 g/mol. The summed E-state index contributed by atoms with van der Waals surface area (Å²) in [5, 5.41) is 14.0. The number of rotatable bonds is 1. The van der Waals surface area contributed by atoms with E-state index in [0.717, 1.165) is 0 Å². The van der Waals surface area contributed by atoms with Crippen LogP contribution in [0.25, 0.3) is 0 Å². The average molecular weight is 288 g/mol. The minimum Gasteiger partial charge on any atom is -0.373 e. The molecule has 1 aromatic rings. The van der Waals surface area contributed by atoms with Gasteiger partial charge in [0.25, 0.3) is 0 Å². The van der Waals surface area contributed by atoms with Crippen molar-refractivity contribution in [3.8, 4) is 0 Å². The summed E-state index contributed by atoms with van der Waals surface area (Å²) in [4.78, 5) is 59.2. The number of hydrogen-bond donors (Lipinski definition) is 3. The smallest absolute Gasteiger partial charge is 0.328 e. The number of imide groups is 2. The van der Waals surface area contributed by atoms with Gasteiger partial charge >= 0.3 is 6.03 Å². The van der Waals surface area contributed by atoms with Gasteiger partial charge in [0.1, 0.15) is 0 Å². The number of barbiturate groups is 1. The first-order valence-electron chi connectivity index (χ1n) is 5.94. The molecule has 3 rings (SSSR count). The van der Waals surface area contributed by atoms with E-state index >= 15 is 0 Å². The Labute approximate surface area is 117 Å². The molecule has 1 saturated heterocycles. The van der Waals surface area contributed by atoms with Crippen LogP contribution in [0.15, 0.2) is 24.3 Å². The molecule has 8 nitrogen and oxygen atoms in total. The third-order valence-corrected chi connectivity index (χ3v) is 3.52. The van der Waals surface area contributed by atoms with Gasteiger partial charge in [-0.15, -0.1) is 0 Å². The fourth-order valence-electron chi connectivity index (χ4n) is 2.55. The second-order valence-electron chi connectivity index (χ2n) is 4.71. The number of carbonyl (C=O) groups is 5. The molecule has 0 atom stereocenters. The molecule has 0 spiro atoms. The van der Waals surface area contributed by atoms with Crippen molar-refractivity contribution in [2.24, 2.45) is 5.92 Å². The highest BCUT2D eigenvalue weighted by Gasteiger charge is 2.62. The van der Waals surface area contributed by atoms with Crippen LogP contribution >= 0.6 is 0 Å². The Balaban J connectivity index is 2.13. The molecule has 0 bridgehead atoms. The Morgan fingerprint density at radius 1 is 0.857 bits per heavy atom. The number of hydrogen-bond acceptors (Lipinski definition) is 6. The molecule has 0 radical (unpaired) electrons. The summed E-state index contributed by atoms with van der Waals surface area (Å²) in [6, 6.07) is 4.54. The maximum Gasteiger partial charge on any atom is 0.328 e. The highest BCUT2D eigenvalue weighted by atomic mass is 16.3. The number of amides is 4. The molecular formula is C13H8N2O6. The molecule has 0 unspecified atom stereocenters. The van der Waals surface area contributed by atoms with Crippen LogP contribution in [0.5, 0.6) is 0 Å². The number of fused-ring (bicyclic) bond motifs is 1. The van der Waals surface area contributed by atoms with E-state index in [9.17, 15) is 29.1 Å². The summed E-state index contributed by atoms with van der Waals surface area (Å²) in [6.07, 6.45) is 0.